The first-order valence-corrected chi connectivity index (χ1v) is 3.35. The van der Waals surface area contributed by atoms with Crippen LogP contribution in [0, 0.1) is 0 Å². The van der Waals surface area contributed by atoms with Gasteiger partial charge in [-0.2, -0.15) is 0 Å². The molecule has 0 fully saturated rings. The van der Waals surface area contributed by atoms with Gasteiger partial charge >= 0.3 is 17.6 Å². The molecule has 0 amide bonds. The van der Waals surface area contributed by atoms with Crippen LogP contribution in [0.5, 0.6) is 5.75 Å². The van der Waals surface area contributed by atoms with Gasteiger partial charge in [-0.05, 0) is 12.1 Å². The average molecular weight is 274 g/mol. The summed E-state index contributed by atoms with van der Waals surface area (Å²) in [5.41, 5.74) is 1.17. The van der Waals surface area contributed by atoms with Crippen molar-refractivity contribution in [3.63, 3.8) is 0 Å². The molecule has 1 heterocycles. The minimum absolute atomic E-state index is 0. The van der Waals surface area contributed by atoms with Crippen molar-refractivity contribution in [1.82, 2.24) is 0 Å². The first-order chi connectivity index (χ1) is 4.97. The van der Waals surface area contributed by atoms with Gasteiger partial charge in [-0.25, -0.2) is 0 Å². The molecule has 2 rings (SSSR count). The smallest absolute Gasteiger partial charge is 0 e. The summed E-state index contributed by atoms with van der Waals surface area (Å²) in [7, 11) is 0. The van der Waals surface area contributed by atoms with Crippen LogP contribution in [0.2, 0.25) is 0 Å². The molecule has 0 atom stereocenters. The van der Waals surface area contributed by atoms with Crippen LogP contribution in [0.1, 0.15) is 5.56 Å². The number of rotatable bonds is 0. The Balaban J connectivity index is 0.000000605. The van der Waals surface area contributed by atoms with E-state index in [9.17, 15) is 0 Å². The zero-order valence-electron chi connectivity index (χ0n) is 6.29. The Bertz CT molecular complexity index is 273. The maximum atomic E-state index is 5.34. The second-order valence-electron chi connectivity index (χ2n) is 2.25. The van der Waals surface area contributed by atoms with Crippen molar-refractivity contribution in [1.29, 1.82) is 0 Å². The van der Waals surface area contributed by atoms with Crippen LogP contribution in [0.25, 0.3) is 6.08 Å². The van der Waals surface area contributed by atoms with Crippen molar-refractivity contribution in [2.75, 3.05) is 6.61 Å². The van der Waals surface area contributed by atoms with E-state index in [1.807, 2.05) is 30.3 Å². The number of para-hydroxylation sites is 1. The van der Waals surface area contributed by atoms with E-state index in [2.05, 4.69) is 6.08 Å². The molecule has 1 aromatic rings. The van der Waals surface area contributed by atoms with E-state index in [4.69, 9.17) is 4.74 Å². The average Bonchev–Trinajstić information content (AvgIpc) is 2.05. The maximum Gasteiger partial charge on any atom is 0 e. The van der Waals surface area contributed by atoms with Crippen LogP contribution in [0.15, 0.2) is 30.3 Å². The zero-order chi connectivity index (χ0) is 6.81. The SMILES string of the molecule is C1=Cc2ccccc2OC1.[GeH4].[Zn]. The Hall–Kier alpha value is -0.0738. The predicted octanol–water partition coefficient (Wildman–Crippen LogP) is 0.638. The zero-order valence-corrected chi connectivity index (χ0v) is 9.25. The number of fused-ring (bicyclic) bond motifs is 1. The van der Waals surface area contributed by atoms with Gasteiger partial charge in [-0.15, -0.1) is 0 Å². The van der Waals surface area contributed by atoms with Gasteiger partial charge in [0.2, 0.25) is 0 Å². The molecule has 0 bridgehead atoms. The van der Waals surface area contributed by atoms with E-state index in [0.717, 1.165) is 5.75 Å². The second kappa shape index (κ2) is 5.55. The third-order valence-electron chi connectivity index (χ3n) is 1.55. The van der Waals surface area contributed by atoms with Gasteiger partial charge < -0.3 is 4.74 Å². The standard InChI is InChI=1S/C9H8O.GeH4.Zn/c1-2-6-9-8(4-1)5-3-7-10-9;;/h1-6H,7H2;1H4;. The van der Waals surface area contributed by atoms with Crippen LogP contribution >= 0.6 is 0 Å². The Kier molecular flexibility index (Phi) is 5.52. The molecule has 0 N–H and O–H groups in total. The summed E-state index contributed by atoms with van der Waals surface area (Å²) in [6, 6.07) is 8.03. The molecule has 1 aliphatic heterocycles. The molecular formula is C9H12GeOZn. The summed E-state index contributed by atoms with van der Waals surface area (Å²) in [4.78, 5) is 0. The van der Waals surface area contributed by atoms with Gasteiger partial charge in [0.05, 0.1) is 0 Å². The van der Waals surface area contributed by atoms with Crippen LogP contribution in [0.3, 0.4) is 0 Å². The second-order valence-corrected chi connectivity index (χ2v) is 2.25. The minimum atomic E-state index is 0. The van der Waals surface area contributed by atoms with Crippen LogP contribution in [-0.2, 0) is 19.5 Å². The Morgan fingerprint density at radius 1 is 1.17 bits per heavy atom. The van der Waals surface area contributed by atoms with Crippen molar-refractivity contribution >= 4 is 23.7 Å². The molecule has 0 aromatic heterocycles. The molecule has 1 aromatic carbocycles. The number of ether oxygens (including phenoxy) is 1. The molecule has 0 radical (unpaired) electrons. The fourth-order valence-corrected chi connectivity index (χ4v) is 1.06. The Morgan fingerprint density at radius 2 is 1.92 bits per heavy atom. The summed E-state index contributed by atoms with van der Waals surface area (Å²) in [6.45, 7) is 0.705. The molecule has 0 unspecified atom stereocenters. The summed E-state index contributed by atoms with van der Waals surface area (Å²) >= 11 is 0. The molecule has 0 aliphatic carbocycles. The maximum absolute atomic E-state index is 5.34. The van der Waals surface area contributed by atoms with E-state index >= 15 is 0 Å². The Morgan fingerprint density at radius 3 is 2.67 bits per heavy atom. The van der Waals surface area contributed by atoms with Gasteiger partial charge in [-0.3, -0.25) is 0 Å². The van der Waals surface area contributed by atoms with E-state index < -0.39 is 0 Å². The summed E-state index contributed by atoms with van der Waals surface area (Å²) in [5, 5.41) is 0. The van der Waals surface area contributed by atoms with Gasteiger partial charge in [0.25, 0.3) is 0 Å². The number of benzene rings is 1. The first-order valence-electron chi connectivity index (χ1n) is 3.35. The third kappa shape index (κ3) is 2.46. The monoisotopic (exact) mass is 274 g/mol. The number of hydrogen-bond acceptors (Lipinski definition) is 1. The molecule has 12 heavy (non-hydrogen) atoms. The molecule has 3 heteroatoms. The van der Waals surface area contributed by atoms with E-state index in [1.54, 1.807) is 0 Å². The van der Waals surface area contributed by atoms with Gasteiger partial charge in [0.1, 0.15) is 12.4 Å². The van der Waals surface area contributed by atoms with Crippen LogP contribution in [-0.4, -0.2) is 24.2 Å². The fraction of sp³-hybridized carbons (Fsp3) is 0.111. The predicted molar refractivity (Wildman–Crippen MR) is 52.3 cm³/mol. The topological polar surface area (TPSA) is 9.23 Å². The van der Waals surface area contributed by atoms with Crippen molar-refractivity contribution in [3.8, 4) is 5.75 Å². The van der Waals surface area contributed by atoms with Crippen LogP contribution < -0.4 is 4.74 Å². The minimum Gasteiger partial charge on any atom is 0 e. The molecule has 1 aliphatic rings. The van der Waals surface area contributed by atoms with Gasteiger partial charge in [-0.1, -0.05) is 24.3 Å². The van der Waals surface area contributed by atoms with Gasteiger partial charge in [0.15, 0.2) is 0 Å². The summed E-state index contributed by atoms with van der Waals surface area (Å²) < 4.78 is 5.34. The molecule has 0 saturated heterocycles. The van der Waals surface area contributed by atoms with Crippen molar-refractivity contribution < 1.29 is 24.2 Å². The summed E-state index contributed by atoms with van der Waals surface area (Å²) in [6.07, 6.45) is 4.10. The fourth-order valence-electron chi connectivity index (χ4n) is 1.06. The van der Waals surface area contributed by atoms with Crippen molar-refractivity contribution in [2.45, 2.75) is 0 Å². The molecular weight excluding hydrogens is 262 g/mol. The molecule has 60 valence electrons. The number of hydrogen-bond donors (Lipinski definition) is 0. The molecule has 0 saturated carbocycles. The molecule has 0 spiro atoms. The van der Waals surface area contributed by atoms with E-state index in [1.165, 1.54) is 5.56 Å². The first kappa shape index (κ1) is 11.9. The summed E-state index contributed by atoms with van der Waals surface area (Å²) in [5.74, 6) is 0.991. The normalized spacial score (nSPS) is 11.7. The molecule has 1 nitrogen and oxygen atoms in total. The largest absolute Gasteiger partial charge is 0 e. The third-order valence-corrected chi connectivity index (χ3v) is 1.55. The Labute approximate surface area is 95.9 Å². The van der Waals surface area contributed by atoms with Crippen molar-refractivity contribution in [2.24, 2.45) is 0 Å². The van der Waals surface area contributed by atoms with Crippen LogP contribution in [0.4, 0.5) is 0 Å². The van der Waals surface area contributed by atoms with Crippen molar-refractivity contribution in [3.05, 3.63) is 35.9 Å². The van der Waals surface area contributed by atoms with E-state index in [-0.39, 0.29) is 37.1 Å². The van der Waals surface area contributed by atoms with Gasteiger partial charge in [0, 0.05) is 25.0 Å². The quantitative estimate of drug-likeness (QED) is 0.631. The van der Waals surface area contributed by atoms with E-state index in [0.29, 0.717) is 6.61 Å².